The Kier molecular flexibility index (Phi) is 76.8. The molecule has 0 aliphatic rings. The minimum Gasteiger partial charge on any atom is -0.466 e. The number of carbonyl (C=O) groups is 2. The fourth-order valence-electron chi connectivity index (χ4n) is 13.3. The van der Waals surface area contributed by atoms with E-state index in [4.69, 9.17) is 4.74 Å². The number of aliphatic hydroxyl groups is 2. The first-order valence-corrected chi connectivity index (χ1v) is 40.9. The van der Waals surface area contributed by atoms with Crippen LogP contribution >= 0.6 is 0 Å². The summed E-state index contributed by atoms with van der Waals surface area (Å²) in [6, 6.07) is -0.541. The highest BCUT2D eigenvalue weighted by molar-refractivity contribution is 5.76. The Balaban J connectivity index is 3.34. The first kappa shape index (κ1) is 86.6. The van der Waals surface area contributed by atoms with Crippen molar-refractivity contribution in [2.24, 2.45) is 0 Å². The summed E-state index contributed by atoms with van der Waals surface area (Å²) >= 11 is 0. The molecule has 0 aromatic heterocycles. The number of esters is 1. The zero-order valence-electron chi connectivity index (χ0n) is 60.3. The minimum absolute atomic E-state index is 0.0236. The van der Waals surface area contributed by atoms with Crippen molar-refractivity contribution in [3.05, 3.63) is 12.2 Å². The van der Waals surface area contributed by atoms with Gasteiger partial charge in [0.05, 0.1) is 25.4 Å². The van der Waals surface area contributed by atoms with Gasteiger partial charge < -0.3 is 20.3 Å². The first-order chi connectivity index (χ1) is 43.5. The smallest absolute Gasteiger partial charge is 0.305 e. The maximum Gasteiger partial charge on any atom is 0.305 e. The quantitative estimate of drug-likeness (QED) is 0.0320. The highest BCUT2D eigenvalue weighted by atomic mass is 16.5. The zero-order valence-corrected chi connectivity index (χ0v) is 60.3. The number of nitrogens with one attached hydrogen (secondary N) is 1. The summed E-state index contributed by atoms with van der Waals surface area (Å²) in [5, 5.41) is 23.5. The van der Waals surface area contributed by atoms with E-state index in [0.29, 0.717) is 25.9 Å². The Morgan fingerprint density at radius 2 is 0.534 bits per heavy atom. The number of allylic oxidation sites excluding steroid dienone is 2. The van der Waals surface area contributed by atoms with Crippen LogP contribution in [0.15, 0.2) is 12.2 Å². The number of rotatable bonds is 78. The van der Waals surface area contributed by atoms with Gasteiger partial charge in [0, 0.05) is 12.8 Å². The molecular formula is C82H161NO5. The topological polar surface area (TPSA) is 95.9 Å². The largest absolute Gasteiger partial charge is 0.466 e. The average Bonchev–Trinajstić information content (AvgIpc) is 3.58. The van der Waals surface area contributed by atoms with Gasteiger partial charge in [0.25, 0.3) is 0 Å². The van der Waals surface area contributed by atoms with E-state index in [1.165, 1.54) is 405 Å². The van der Waals surface area contributed by atoms with Gasteiger partial charge >= 0.3 is 5.97 Å². The monoisotopic (exact) mass is 1240 g/mol. The second-order valence-corrected chi connectivity index (χ2v) is 28.5. The molecule has 0 saturated carbocycles. The van der Waals surface area contributed by atoms with E-state index < -0.39 is 12.1 Å². The molecule has 0 radical (unpaired) electrons. The van der Waals surface area contributed by atoms with Crippen LogP contribution in [-0.4, -0.2) is 47.4 Å². The van der Waals surface area contributed by atoms with E-state index in [-0.39, 0.29) is 18.5 Å². The average molecular weight is 1240 g/mol. The van der Waals surface area contributed by atoms with Gasteiger partial charge in [-0.3, -0.25) is 9.59 Å². The third-order valence-corrected chi connectivity index (χ3v) is 19.6. The summed E-state index contributed by atoms with van der Waals surface area (Å²) in [7, 11) is 0. The molecule has 2 unspecified atom stereocenters. The fraction of sp³-hybridized carbons (Fsp3) is 0.951. The molecule has 0 fully saturated rings. The predicted octanol–water partition coefficient (Wildman–Crippen LogP) is 27.1. The number of ether oxygens (including phenoxy) is 1. The second-order valence-electron chi connectivity index (χ2n) is 28.5. The van der Waals surface area contributed by atoms with Crippen LogP contribution in [0.4, 0.5) is 0 Å². The van der Waals surface area contributed by atoms with E-state index in [1.807, 2.05) is 0 Å². The third-order valence-electron chi connectivity index (χ3n) is 19.6. The van der Waals surface area contributed by atoms with Gasteiger partial charge in [-0.15, -0.1) is 0 Å². The summed E-state index contributed by atoms with van der Waals surface area (Å²) in [4.78, 5) is 24.7. The van der Waals surface area contributed by atoms with Crippen molar-refractivity contribution in [2.75, 3.05) is 13.2 Å². The van der Waals surface area contributed by atoms with Crippen LogP contribution in [0.2, 0.25) is 0 Å². The Bertz CT molecular complexity index is 1340. The molecule has 0 aliphatic heterocycles. The second kappa shape index (κ2) is 78.0. The summed E-state index contributed by atoms with van der Waals surface area (Å²) < 4.78 is 5.52. The first-order valence-electron chi connectivity index (χ1n) is 40.9. The van der Waals surface area contributed by atoms with Crippen molar-refractivity contribution in [1.29, 1.82) is 0 Å². The fourth-order valence-corrected chi connectivity index (χ4v) is 13.3. The van der Waals surface area contributed by atoms with Crippen LogP contribution in [0.1, 0.15) is 476 Å². The number of carbonyl (C=O) groups excluding carboxylic acids is 2. The molecule has 0 rings (SSSR count). The maximum absolute atomic E-state index is 12.6. The van der Waals surface area contributed by atoms with Gasteiger partial charge in [-0.25, -0.2) is 0 Å². The van der Waals surface area contributed by atoms with Crippen LogP contribution < -0.4 is 5.32 Å². The molecule has 0 saturated heterocycles. The zero-order chi connectivity index (χ0) is 63.5. The molecule has 524 valence electrons. The number of aliphatic hydroxyl groups excluding tert-OH is 2. The van der Waals surface area contributed by atoms with Crippen molar-refractivity contribution in [3.8, 4) is 0 Å². The normalized spacial score (nSPS) is 12.5. The van der Waals surface area contributed by atoms with Crippen molar-refractivity contribution in [3.63, 3.8) is 0 Å². The lowest BCUT2D eigenvalue weighted by Crippen LogP contribution is -2.45. The highest BCUT2D eigenvalue weighted by Gasteiger charge is 2.20. The molecule has 0 heterocycles. The van der Waals surface area contributed by atoms with Crippen LogP contribution in [-0.2, 0) is 14.3 Å². The molecule has 2 atom stereocenters. The molecule has 1 amide bonds. The van der Waals surface area contributed by atoms with Gasteiger partial charge in [-0.2, -0.15) is 0 Å². The van der Waals surface area contributed by atoms with Gasteiger partial charge in [0.1, 0.15) is 0 Å². The van der Waals surface area contributed by atoms with E-state index >= 15 is 0 Å². The van der Waals surface area contributed by atoms with Crippen molar-refractivity contribution >= 4 is 11.9 Å². The standard InChI is InChI=1S/C82H161NO5/c1-3-5-7-9-11-13-15-17-19-21-23-24-36-39-42-46-50-54-58-62-66-70-74-80(85)79(78-84)83-81(86)75-71-67-63-59-55-51-47-43-40-37-34-32-30-28-26-25-27-29-31-33-35-38-41-45-49-53-57-61-65-69-73-77-88-82(87)76-72-68-64-60-56-52-48-44-22-20-18-16-14-12-10-8-6-4-2/h27,29,79-80,84-85H,3-26,28,30-78H2,1-2H3,(H,83,86)/b29-27-. The summed E-state index contributed by atoms with van der Waals surface area (Å²) in [5.74, 6) is -0.00332. The molecule has 6 heteroatoms. The van der Waals surface area contributed by atoms with E-state index in [9.17, 15) is 19.8 Å². The molecule has 0 bridgehead atoms. The lowest BCUT2D eigenvalue weighted by molar-refractivity contribution is -0.143. The Hall–Kier alpha value is -1.40. The van der Waals surface area contributed by atoms with E-state index in [1.54, 1.807) is 0 Å². The summed E-state index contributed by atoms with van der Waals surface area (Å²) in [5.41, 5.74) is 0. The minimum atomic E-state index is -0.664. The molecule has 0 spiro atoms. The molecule has 3 N–H and O–H groups in total. The van der Waals surface area contributed by atoms with E-state index in [0.717, 1.165) is 38.5 Å². The van der Waals surface area contributed by atoms with Crippen molar-refractivity contribution in [2.45, 2.75) is 488 Å². The molecule has 88 heavy (non-hydrogen) atoms. The number of hydrogen-bond donors (Lipinski definition) is 3. The number of amides is 1. The molecule has 0 aromatic carbocycles. The Morgan fingerprint density at radius 3 is 0.807 bits per heavy atom. The van der Waals surface area contributed by atoms with Crippen LogP contribution in [0.5, 0.6) is 0 Å². The predicted molar refractivity (Wildman–Crippen MR) is 389 cm³/mol. The van der Waals surface area contributed by atoms with Gasteiger partial charge in [-0.1, -0.05) is 424 Å². The maximum atomic E-state index is 12.6. The number of hydrogen-bond acceptors (Lipinski definition) is 5. The third kappa shape index (κ3) is 73.6. The van der Waals surface area contributed by atoms with Crippen LogP contribution in [0.3, 0.4) is 0 Å². The van der Waals surface area contributed by atoms with Crippen LogP contribution in [0, 0.1) is 0 Å². The SMILES string of the molecule is CCCCCCCCCCCCCCCCCCCCCCCCC(O)C(CO)NC(=O)CCCCCCCCCCCCCCCCC/C=C\CCCCCCCCCCCCCCOC(=O)CCCCCCCCCCCCCCCCCCCC. The van der Waals surface area contributed by atoms with Crippen molar-refractivity contribution in [1.82, 2.24) is 5.32 Å². The molecule has 0 aromatic rings. The van der Waals surface area contributed by atoms with Crippen LogP contribution in [0.25, 0.3) is 0 Å². The molecule has 6 nitrogen and oxygen atoms in total. The lowest BCUT2D eigenvalue weighted by Gasteiger charge is -2.22. The van der Waals surface area contributed by atoms with Crippen molar-refractivity contribution < 1.29 is 24.5 Å². The Labute approximate surface area is 552 Å². The molecule has 0 aliphatic carbocycles. The summed E-state index contributed by atoms with van der Waals surface area (Å²) in [6.07, 6.45) is 98.8. The lowest BCUT2D eigenvalue weighted by atomic mass is 10.0. The summed E-state index contributed by atoms with van der Waals surface area (Å²) in [6.45, 7) is 5.02. The molecular weight excluding hydrogens is 1080 g/mol. The highest BCUT2D eigenvalue weighted by Crippen LogP contribution is 2.21. The van der Waals surface area contributed by atoms with E-state index in [2.05, 4.69) is 31.3 Å². The van der Waals surface area contributed by atoms with Gasteiger partial charge in [0.15, 0.2) is 0 Å². The van der Waals surface area contributed by atoms with Gasteiger partial charge in [0.2, 0.25) is 5.91 Å². The van der Waals surface area contributed by atoms with Gasteiger partial charge in [-0.05, 0) is 51.4 Å². The Morgan fingerprint density at radius 1 is 0.307 bits per heavy atom. The number of unbranched alkanes of at least 4 members (excludes halogenated alkanes) is 65.